The maximum absolute atomic E-state index is 13.3. The number of nitrogens with zero attached hydrogens (tertiary/aromatic N) is 2. The van der Waals surface area contributed by atoms with Crippen LogP contribution in [0, 0.1) is 0 Å². The second-order valence-corrected chi connectivity index (χ2v) is 7.75. The monoisotopic (exact) mass is 434 g/mol. The first-order chi connectivity index (χ1) is 15.6. The molecule has 9 heteroatoms. The normalized spacial score (nSPS) is 17.5. The number of carboxylic acid groups (broad SMARTS) is 1. The summed E-state index contributed by atoms with van der Waals surface area (Å²) in [6.45, 7) is 0.568. The first-order valence-electron chi connectivity index (χ1n) is 10.4. The van der Waals surface area contributed by atoms with Gasteiger partial charge in [0, 0.05) is 25.1 Å². The third kappa shape index (κ3) is 3.73. The molecule has 2 atom stereocenters. The number of benzene rings is 2. The van der Waals surface area contributed by atoms with E-state index in [1.54, 1.807) is 11.2 Å². The highest BCUT2D eigenvalue weighted by atomic mass is 16.7. The Morgan fingerprint density at radius 1 is 1.19 bits per heavy atom. The van der Waals surface area contributed by atoms with Gasteiger partial charge < -0.3 is 29.8 Å². The molecule has 3 aromatic rings. The van der Waals surface area contributed by atoms with Crippen molar-refractivity contribution in [3.8, 4) is 11.5 Å². The van der Waals surface area contributed by atoms with Crippen molar-refractivity contribution < 1.29 is 24.2 Å². The van der Waals surface area contributed by atoms with Gasteiger partial charge in [-0.15, -0.1) is 0 Å². The number of imidazole rings is 1. The lowest BCUT2D eigenvalue weighted by atomic mass is 9.95. The molecule has 2 aliphatic heterocycles. The molecule has 0 bridgehead atoms. The average Bonchev–Trinajstić information content (AvgIpc) is 3.47. The molecule has 0 fully saturated rings. The summed E-state index contributed by atoms with van der Waals surface area (Å²) < 4.78 is 10.9. The molecule has 9 nitrogen and oxygen atoms in total. The Morgan fingerprint density at radius 3 is 2.81 bits per heavy atom. The van der Waals surface area contributed by atoms with Gasteiger partial charge in [0.2, 0.25) is 6.79 Å². The summed E-state index contributed by atoms with van der Waals surface area (Å²) in [6, 6.07) is 12.8. The number of ether oxygens (including phenoxy) is 2. The Balaban J connectivity index is 1.43. The number of urea groups is 1. The molecule has 0 saturated heterocycles. The van der Waals surface area contributed by atoms with Crippen molar-refractivity contribution in [1.29, 1.82) is 0 Å². The number of hydrogen-bond acceptors (Lipinski definition) is 5. The Hall–Kier alpha value is -4.01. The van der Waals surface area contributed by atoms with Crippen LogP contribution in [0.2, 0.25) is 0 Å². The van der Waals surface area contributed by atoms with Gasteiger partial charge in [-0.25, -0.2) is 14.6 Å². The molecule has 5 rings (SSSR count). The fourth-order valence-electron chi connectivity index (χ4n) is 4.20. The van der Waals surface area contributed by atoms with Gasteiger partial charge in [0.25, 0.3) is 0 Å². The van der Waals surface area contributed by atoms with E-state index >= 15 is 0 Å². The standard InChI is InChI=1S/C23H22N4O5/c28-22(29)17(10-14-4-2-1-3-5-14)26-23(30)27-9-8-16-20(25-12-24-16)21(27)15-6-7-18-19(11-15)32-13-31-18/h1-7,11-12,17,21H,8-10,13H2,(H,24,25)(H,26,30)(H,28,29). The Labute approximate surface area is 184 Å². The van der Waals surface area contributed by atoms with E-state index in [2.05, 4.69) is 15.3 Å². The van der Waals surface area contributed by atoms with Gasteiger partial charge >= 0.3 is 12.0 Å². The number of amides is 2. The van der Waals surface area contributed by atoms with Crippen molar-refractivity contribution in [3.05, 3.63) is 77.4 Å². The van der Waals surface area contributed by atoms with Gasteiger partial charge in [-0.3, -0.25) is 0 Å². The van der Waals surface area contributed by atoms with Gasteiger partial charge in [-0.1, -0.05) is 36.4 Å². The molecule has 0 radical (unpaired) electrons. The maximum Gasteiger partial charge on any atom is 0.326 e. The van der Waals surface area contributed by atoms with Crippen LogP contribution in [0.4, 0.5) is 4.79 Å². The van der Waals surface area contributed by atoms with Gasteiger partial charge in [0.15, 0.2) is 11.5 Å². The number of nitrogens with one attached hydrogen (secondary N) is 2. The highest BCUT2D eigenvalue weighted by Crippen LogP contribution is 2.39. The number of rotatable bonds is 5. The number of aromatic nitrogens is 2. The van der Waals surface area contributed by atoms with Crippen molar-refractivity contribution in [3.63, 3.8) is 0 Å². The van der Waals surface area contributed by atoms with Crippen molar-refractivity contribution in [2.75, 3.05) is 13.3 Å². The topological polar surface area (TPSA) is 117 Å². The van der Waals surface area contributed by atoms with Crippen LogP contribution >= 0.6 is 0 Å². The number of H-pyrrole nitrogens is 1. The van der Waals surface area contributed by atoms with E-state index in [1.165, 1.54) is 0 Å². The summed E-state index contributed by atoms with van der Waals surface area (Å²) in [6.07, 6.45) is 2.40. The fourth-order valence-corrected chi connectivity index (χ4v) is 4.20. The van der Waals surface area contributed by atoms with Crippen LogP contribution in [0.1, 0.15) is 28.6 Å². The SMILES string of the molecule is O=C(O)C(Cc1ccccc1)NC(=O)N1CCc2[nH]cnc2C1c1ccc2c(c1)OCO2. The van der Waals surface area contributed by atoms with Crippen LogP contribution in [-0.4, -0.2) is 51.4 Å². The molecule has 164 valence electrons. The summed E-state index contributed by atoms with van der Waals surface area (Å²) >= 11 is 0. The lowest BCUT2D eigenvalue weighted by molar-refractivity contribution is -0.139. The van der Waals surface area contributed by atoms with E-state index in [0.717, 1.165) is 22.5 Å². The first kappa shape index (κ1) is 19.9. The zero-order chi connectivity index (χ0) is 22.1. The summed E-state index contributed by atoms with van der Waals surface area (Å²) in [4.78, 5) is 34.4. The maximum atomic E-state index is 13.3. The number of carbonyl (C=O) groups excluding carboxylic acids is 1. The molecule has 0 aliphatic carbocycles. The van der Waals surface area contributed by atoms with E-state index in [9.17, 15) is 14.7 Å². The summed E-state index contributed by atoms with van der Waals surface area (Å²) in [7, 11) is 0. The van der Waals surface area contributed by atoms with Crippen molar-refractivity contribution in [1.82, 2.24) is 20.2 Å². The third-order valence-corrected chi connectivity index (χ3v) is 5.78. The zero-order valence-electron chi connectivity index (χ0n) is 17.2. The van der Waals surface area contributed by atoms with Gasteiger partial charge in [-0.05, 0) is 23.3 Å². The van der Waals surface area contributed by atoms with Crippen LogP contribution in [-0.2, 0) is 17.6 Å². The molecule has 2 aromatic carbocycles. The Bertz CT molecular complexity index is 1150. The van der Waals surface area contributed by atoms with Crippen molar-refractivity contribution in [2.24, 2.45) is 0 Å². The molecule has 2 amide bonds. The van der Waals surface area contributed by atoms with E-state index in [0.29, 0.717) is 24.5 Å². The average molecular weight is 434 g/mol. The molecule has 32 heavy (non-hydrogen) atoms. The van der Waals surface area contributed by atoms with Gasteiger partial charge in [0.1, 0.15) is 12.1 Å². The Kier molecular flexibility index (Phi) is 5.14. The number of hydrogen-bond donors (Lipinski definition) is 3. The number of carbonyl (C=O) groups is 2. The minimum atomic E-state index is -1.08. The van der Waals surface area contributed by atoms with Crippen LogP contribution in [0.15, 0.2) is 54.9 Å². The summed E-state index contributed by atoms with van der Waals surface area (Å²) in [5.74, 6) is 0.175. The zero-order valence-corrected chi connectivity index (χ0v) is 17.2. The van der Waals surface area contributed by atoms with E-state index in [1.807, 2.05) is 48.5 Å². The molecule has 0 saturated carbocycles. The number of aliphatic carboxylic acids is 1. The quantitative estimate of drug-likeness (QED) is 0.568. The third-order valence-electron chi connectivity index (χ3n) is 5.78. The highest BCUT2D eigenvalue weighted by molar-refractivity contribution is 5.83. The number of aromatic amines is 1. The molecule has 0 spiro atoms. The molecule has 3 N–H and O–H groups in total. The van der Waals surface area contributed by atoms with Crippen molar-refractivity contribution >= 4 is 12.0 Å². The summed E-state index contributed by atoms with van der Waals surface area (Å²) in [5, 5.41) is 12.4. The van der Waals surface area contributed by atoms with E-state index in [4.69, 9.17) is 9.47 Å². The van der Waals surface area contributed by atoms with Crippen molar-refractivity contribution in [2.45, 2.75) is 24.9 Å². The molecule has 2 aliphatic rings. The lowest BCUT2D eigenvalue weighted by Crippen LogP contribution is -2.51. The Morgan fingerprint density at radius 2 is 2.00 bits per heavy atom. The molecular weight excluding hydrogens is 412 g/mol. The highest BCUT2D eigenvalue weighted by Gasteiger charge is 2.36. The minimum Gasteiger partial charge on any atom is -0.480 e. The van der Waals surface area contributed by atoms with E-state index in [-0.39, 0.29) is 13.2 Å². The van der Waals surface area contributed by atoms with Gasteiger partial charge in [-0.2, -0.15) is 0 Å². The first-order valence-corrected chi connectivity index (χ1v) is 10.4. The largest absolute Gasteiger partial charge is 0.480 e. The van der Waals surface area contributed by atoms with E-state index < -0.39 is 24.1 Å². The predicted molar refractivity (Wildman–Crippen MR) is 114 cm³/mol. The fraction of sp³-hybridized carbons (Fsp3) is 0.261. The van der Waals surface area contributed by atoms with Crippen LogP contribution < -0.4 is 14.8 Å². The van der Waals surface area contributed by atoms with Crippen LogP contribution in [0.5, 0.6) is 11.5 Å². The predicted octanol–water partition coefficient (Wildman–Crippen LogP) is 2.49. The van der Waals surface area contributed by atoms with Gasteiger partial charge in [0.05, 0.1) is 12.0 Å². The van der Waals surface area contributed by atoms with Crippen LogP contribution in [0.3, 0.4) is 0 Å². The summed E-state index contributed by atoms with van der Waals surface area (Å²) in [5.41, 5.74) is 3.34. The molecular formula is C23H22N4O5. The minimum absolute atomic E-state index is 0.154. The second-order valence-electron chi connectivity index (χ2n) is 7.75. The second kappa shape index (κ2) is 8.26. The molecule has 3 heterocycles. The van der Waals surface area contributed by atoms with Crippen LogP contribution in [0.25, 0.3) is 0 Å². The number of fused-ring (bicyclic) bond motifs is 2. The molecule has 1 aromatic heterocycles. The lowest BCUT2D eigenvalue weighted by Gasteiger charge is -2.36. The number of carboxylic acids is 1. The molecule has 2 unspecified atom stereocenters. The smallest absolute Gasteiger partial charge is 0.326 e.